The van der Waals surface area contributed by atoms with Crippen molar-refractivity contribution in [3.05, 3.63) is 71.2 Å². The van der Waals surface area contributed by atoms with Crippen molar-refractivity contribution in [3.63, 3.8) is 0 Å². The molecule has 1 amide bonds. The number of rotatable bonds is 5. The second-order valence-corrected chi connectivity index (χ2v) is 7.91. The minimum absolute atomic E-state index is 0.0554. The summed E-state index contributed by atoms with van der Waals surface area (Å²) in [5.41, 5.74) is 11.3. The summed E-state index contributed by atoms with van der Waals surface area (Å²) in [5.74, 6) is -1.72. The molecule has 0 saturated carbocycles. The van der Waals surface area contributed by atoms with Crippen LogP contribution in [0.2, 0.25) is 0 Å². The molecular formula is C24H21F2N5O2. The first-order valence-electron chi connectivity index (χ1n) is 10.5. The maximum absolute atomic E-state index is 14.2. The molecule has 0 saturated heterocycles. The third kappa shape index (κ3) is 3.65. The maximum atomic E-state index is 14.2. The molecule has 0 fully saturated rings. The molecule has 3 N–H and O–H groups in total. The third-order valence-electron chi connectivity index (χ3n) is 5.92. The summed E-state index contributed by atoms with van der Waals surface area (Å²) < 4.78 is 35.2. The zero-order chi connectivity index (χ0) is 23.1. The van der Waals surface area contributed by atoms with E-state index in [1.54, 1.807) is 12.1 Å². The van der Waals surface area contributed by atoms with Crippen molar-refractivity contribution < 1.29 is 18.3 Å². The lowest BCUT2D eigenvalue weighted by Gasteiger charge is -2.12. The van der Waals surface area contributed by atoms with Gasteiger partial charge in [0.15, 0.2) is 5.82 Å². The zero-order valence-electron chi connectivity index (χ0n) is 17.9. The second-order valence-electron chi connectivity index (χ2n) is 7.91. The van der Waals surface area contributed by atoms with Gasteiger partial charge in [-0.15, -0.1) is 0 Å². The van der Waals surface area contributed by atoms with Crippen molar-refractivity contribution in [2.45, 2.75) is 25.7 Å². The Hall–Kier alpha value is -4.01. The number of amides is 1. The van der Waals surface area contributed by atoms with Crippen LogP contribution >= 0.6 is 0 Å². The van der Waals surface area contributed by atoms with Crippen molar-refractivity contribution in [2.24, 2.45) is 0 Å². The fourth-order valence-electron chi connectivity index (χ4n) is 4.41. The van der Waals surface area contributed by atoms with Crippen LogP contribution < -0.4 is 15.8 Å². The zero-order valence-corrected chi connectivity index (χ0v) is 17.9. The van der Waals surface area contributed by atoms with Crippen LogP contribution in [-0.2, 0) is 24.1 Å². The van der Waals surface area contributed by atoms with Gasteiger partial charge in [0, 0.05) is 34.8 Å². The Bertz CT molecular complexity index is 1360. The summed E-state index contributed by atoms with van der Waals surface area (Å²) in [5, 5.41) is 2.68. The van der Waals surface area contributed by atoms with Gasteiger partial charge in [-0.25, -0.2) is 18.7 Å². The molecule has 4 aromatic rings. The summed E-state index contributed by atoms with van der Waals surface area (Å²) in [7, 11) is 1.32. The second kappa shape index (κ2) is 8.16. The highest BCUT2D eigenvalue weighted by Gasteiger charge is 2.25. The van der Waals surface area contributed by atoms with Crippen LogP contribution in [0.5, 0.6) is 5.75 Å². The summed E-state index contributed by atoms with van der Waals surface area (Å²) in [6.45, 7) is 0. The van der Waals surface area contributed by atoms with Crippen LogP contribution in [-0.4, -0.2) is 27.6 Å². The van der Waals surface area contributed by atoms with Crippen LogP contribution in [0.1, 0.15) is 23.2 Å². The van der Waals surface area contributed by atoms with Crippen LogP contribution in [0.25, 0.3) is 16.7 Å². The maximum Gasteiger partial charge on any atom is 0.229 e. The summed E-state index contributed by atoms with van der Waals surface area (Å²) in [6, 6.07) is 9.29. The van der Waals surface area contributed by atoms with E-state index >= 15 is 0 Å². The number of ether oxygens (including phenoxy) is 1. The van der Waals surface area contributed by atoms with Gasteiger partial charge in [0.1, 0.15) is 29.2 Å². The monoisotopic (exact) mass is 449 g/mol. The Labute approximate surface area is 188 Å². The number of halogens is 2. The number of carbonyl (C=O) groups is 1. The Balaban J connectivity index is 1.39. The molecule has 2 heterocycles. The van der Waals surface area contributed by atoms with Gasteiger partial charge >= 0.3 is 0 Å². The van der Waals surface area contributed by atoms with Crippen molar-refractivity contribution in [2.75, 3.05) is 18.2 Å². The van der Waals surface area contributed by atoms with Gasteiger partial charge in [0.05, 0.1) is 19.0 Å². The molecular weight excluding hydrogens is 428 g/mol. The van der Waals surface area contributed by atoms with Gasteiger partial charge in [-0.05, 0) is 49.1 Å². The van der Waals surface area contributed by atoms with Gasteiger partial charge in [-0.1, -0.05) is 0 Å². The van der Waals surface area contributed by atoms with Crippen molar-refractivity contribution in [1.82, 2.24) is 14.5 Å². The van der Waals surface area contributed by atoms with Crippen LogP contribution in [0.4, 0.5) is 20.3 Å². The van der Waals surface area contributed by atoms with Gasteiger partial charge < -0.3 is 20.4 Å². The number of nitrogens with zero attached hydrogens (tertiary/aromatic N) is 3. The molecule has 0 spiro atoms. The number of carbonyl (C=O) groups excluding carboxylic acids is 1. The predicted octanol–water partition coefficient (Wildman–Crippen LogP) is 3.96. The Morgan fingerprint density at radius 2 is 1.88 bits per heavy atom. The molecule has 2 aromatic carbocycles. The highest BCUT2D eigenvalue weighted by molar-refractivity contribution is 5.93. The first-order chi connectivity index (χ1) is 16.0. The number of aryl methyl sites for hydroxylation is 1. The van der Waals surface area contributed by atoms with E-state index in [2.05, 4.69) is 19.9 Å². The highest BCUT2D eigenvalue weighted by Crippen LogP contribution is 2.36. The molecule has 2 aromatic heterocycles. The van der Waals surface area contributed by atoms with Crippen LogP contribution in [0, 0.1) is 11.6 Å². The fourth-order valence-corrected chi connectivity index (χ4v) is 4.41. The Morgan fingerprint density at radius 3 is 2.58 bits per heavy atom. The minimum Gasteiger partial charge on any atom is -0.497 e. The minimum atomic E-state index is -0.828. The molecule has 1 aliphatic rings. The Morgan fingerprint density at radius 1 is 1.15 bits per heavy atom. The summed E-state index contributed by atoms with van der Waals surface area (Å²) in [4.78, 5) is 21.0. The van der Waals surface area contributed by atoms with Gasteiger partial charge in [-0.2, -0.15) is 0 Å². The van der Waals surface area contributed by atoms with E-state index in [0.29, 0.717) is 11.5 Å². The molecule has 1 aliphatic carbocycles. The smallest absolute Gasteiger partial charge is 0.229 e. The SMILES string of the molecule is COc1cc(F)c(CC(=O)Nc2ccc(-n3c4c(c5ncnc(N)c53)CCC4)cc2)c(F)c1. The molecule has 0 unspecified atom stereocenters. The normalized spacial score (nSPS) is 12.7. The molecule has 0 aliphatic heterocycles. The first-order valence-corrected chi connectivity index (χ1v) is 10.5. The molecule has 5 rings (SSSR count). The van der Waals surface area contributed by atoms with Crippen molar-refractivity contribution in [1.29, 1.82) is 0 Å². The van der Waals surface area contributed by atoms with E-state index in [-0.39, 0.29) is 11.3 Å². The molecule has 168 valence electrons. The topological polar surface area (TPSA) is 95.1 Å². The van der Waals surface area contributed by atoms with Crippen molar-refractivity contribution >= 4 is 28.4 Å². The lowest BCUT2D eigenvalue weighted by atomic mass is 10.1. The van der Waals surface area contributed by atoms with E-state index in [1.807, 2.05) is 12.1 Å². The van der Waals surface area contributed by atoms with E-state index in [1.165, 1.54) is 24.7 Å². The number of nitrogen functional groups attached to an aromatic ring is 1. The number of benzene rings is 2. The average Bonchev–Trinajstić information content (AvgIpc) is 3.39. The predicted molar refractivity (Wildman–Crippen MR) is 121 cm³/mol. The largest absolute Gasteiger partial charge is 0.497 e. The summed E-state index contributed by atoms with van der Waals surface area (Å²) in [6.07, 6.45) is 3.96. The van der Waals surface area contributed by atoms with Crippen molar-refractivity contribution in [3.8, 4) is 11.4 Å². The number of fused-ring (bicyclic) bond motifs is 3. The number of nitrogens with two attached hydrogens (primary N) is 1. The number of methoxy groups -OCH3 is 1. The van der Waals surface area contributed by atoms with Gasteiger partial charge in [0.25, 0.3) is 0 Å². The van der Waals surface area contributed by atoms with Gasteiger partial charge in [0.2, 0.25) is 5.91 Å². The van der Waals surface area contributed by atoms with E-state index in [9.17, 15) is 13.6 Å². The number of hydrogen-bond acceptors (Lipinski definition) is 5. The number of nitrogens with one attached hydrogen (secondary N) is 1. The molecule has 33 heavy (non-hydrogen) atoms. The molecule has 0 radical (unpaired) electrons. The lowest BCUT2D eigenvalue weighted by molar-refractivity contribution is -0.115. The lowest BCUT2D eigenvalue weighted by Crippen LogP contribution is -2.16. The average molecular weight is 449 g/mol. The van der Waals surface area contributed by atoms with E-state index < -0.39 is 24.0 Å². The standard InChI is InChI=1S/C24H21F2N5O2/c1-33-15-9-18(25)17(19(26)10-15)11-21(32)30-13-5-7-14(8-6-13)31-20-4-2-3-16(20)22-23(31)24(27)29-12-28-22/h5-10,12H,2-4,11H2,1H3,(H,30,32)(H2,27,28,29). The number of anilines is 2. The fraction of sp³-hybridized carbons (Fsp3) is 0.208. The third-order valence-corrected chi connectivity index (χ3v) is 5.92. The van der Waals surface area contributed by atoms with Crippen LogP contribution in [0.3, 0.4) is 0 Å². The van der Waals surface area contributed by atoms with Gasteiger partial charge in [-0.3, -0.25) is 4.79 Å². The molecule has 0 bridgehead atoms. The number of aromatic nitrogens is 3. The van der Waals surface area contributed by atoms with E-state index in [0.717, 1.165) is 48.1 Å². The summed E-state index contributed by atoms with van der Waals surface area (Å²) >= 11 is 0. The molecule has 0 atom stereocenters. The Kier molecular flexibility index (Phi) is 5.16. The quantitative estimate of drug-likeness (QED) is 0.481. The molecule has 7 nitrogen and oxygen atoms in total. The van der Waals surface area contributed by atoms with E-state index in [4.69, 9.17) is 10.5 Å². The number of hydrogen-bond donors (Lipinski definition) is 2. The highest BCUT2D eigenvalue weighted by atomic mass is 19.1. The molecule has 9 heteroatoms. The van der Waals surface area contributed by atoms with Crippen LogP contribution in [0.15, 0.2) is 42.7 Å². The first kappa shape index (κ1) is 20.9.